The van der Waals surface area contributed by atoms with E-state index in [9.17, 15) is 0 Å². The first-order chi connectivity index (χ1) is 14.7. The lowest BCUT2D eigenvalue weighted by Gasteiger charge is -2.15. The minimum absolute atomic E-state index is 0.531. The second-order valence-electron chi connectivity index (χ2n) is 7.09. The Morgan fingerprint density at radius 2 is 2.00 bits per heavy atom. The molecule has 0 atom stereocenters. The number of aromatic nitrogens is 2. The van der Waals surface area contributed by atoms with E-state index in [0.29, 0.717) is 19.8 Å². The quantitative estimate of drug-likeness (QED) is 0.306. The van der Waals surface area contributed by atoms with Crippen LogP contribution in [-0.4, -0.2) is 49.4 Å². The van der Waals surface area contributed by atoms with Crippen molar-refractivity contribution < 1.29 is 9.47 Å². The van der Waals surface area contributed by atoms with E-state index in [2.05, 4.69) is 56.4 Å². The fourth-order valence-corrected chi connectivity index (χ4v) is 3.22. The van der Waals surface area contributed by atoms with Crippen molar-refractivity contribution in [2.45, 2.75) is 26.4 Å². The first-order valence-corrected chi connectivity index (χ1v) is 10.3. The summed E-state index contributed by atoms with van der Waals surface area (Å²) in [5, 5.41) is 6.75. The van der Waals surface area contributed by atoms with Gasteiger partial charge >= 0.3 is 0 Å². The summed E-state index contributed by atoms with van der Waals surface area (Å²) in [4.78, 5) is 8.76. The molecule has 30 heavy (non-hydrogen) atoms. The van der Waals surface area contributed by atoms with E-state index in [1.807, 2.05) is 24.5 Å². The maximum Gasteiger partial charge on any atom is 0.191 e. The van der Waals surface area contributed by atoms with E-state index < -0.39 is 0 Å². The van der Waals surface area contributed by atoms with Gasteiger partial charge in [0.25, 0.3) is 0 Å². The number of ether oxygens (including phenoxy) is 2. The molecule has 3 aromatic rings. The van der Waals surface area contributed by atoms with Crippen LogP contribution < -0.4 is 15.4 Å². The van der Waals surface area contributed by atoms with E-state index in [-0.39, 0.29) is 0 Å². The smallest absolute Gasteiger partial charge is 0.191 e. The fourth-order valence-electron chi connectivity index (χ4n) is 3.22. The SMILES string of the molecule is CN=C(NCCCn1cnc2ccccc21)NCc1ccc(C)cc1OCCOC. The third-order valence-corrected chi connectivity index (χ3v) is 4.83. The fraction of sp³-hybridized carbons (Fsp3) is 0.391. The average molecular weight is 410 g/mol. The molecule has 7 nitrogen and oxygen atoms in total. The molecule has 0 aliphatic heterocycles. The number of fused-ring (bicyclic) bond motifs is 1. The van der Waals surface area contributed by atoms with Crippen LogP contribution in [0.2, 0.25) is 0 Å². The number of nitrogens with zero attached hydrogens (tertiary/aromatic N) is 3. The lowest BCUT2D eigenvalue weighted by Crippen LogP contribution is -2.37. The van der Waals surface area contributed by atoms with Crippen molar-refractivity contribution in [1.82, 2.24) is 20.2 Å². The highest BCUT2D eigenvalue weighted by molar-refractivity contribution is 5.79. The van der Waals surface area contributed by atoms with Crippen LogP contribution in [0.1, 0.15) is 17.5 Å². The summed E-state index contributed by atoms with van der Waals surface area (Å²) in [6, 6.07) is 14.4. The Kier molecular flexibility index (Phi) is 8.09. The van der Waals surface area contributed by atoms with Gasteiger partial charge in [-0.2, -0.15) is 0 Å². The number of nitrogens with one attached hydrogen (secondary N) is 2. The second kappa shape index (κ2) is 11.2. The third-order valence-electron chi connectivity index (χ3n) is 4.83. The number of hydrogen-bond donors (Lipinski definition) is 2. The Hall–Kier alpha value is -3.06. The molecular formula is C23H31N5O2. The van der Waals surface area contributed by atoms with Crippen molar-refractivity contribution in [3.05, 3.63) is 59.9 Å². The maximum atomic E-state index is 5.87. The zero-order valence-electron chi connectivity index (χ0n) is 18.0. The predicted molar refractivity (Wildman–Crippen MR) is 121 cm³/mol. The monoisotopic (exact) mass is 409 g/mol. The van der Waals surface area contributed by atoms with E-state index in [1.165, 1.54) is 11.1 Å². The van der Waals surface area contributed by atoms with Gasteiger partial charge in [0.15, 0.2) is 5.96 Å². The van der Waals surface area contributed by atoms with Crippen molar-refractivity contribution in [2.75, 3.05) is 33.9 Å². The maximum absolute atomic E-state index is 5.87. The Morgan fingerprint density at radius 1 is 1.13 bits per heavy atom. The number of imidazole rings is 1. The van der Waals surface area contributed by atoms with Gasteiger partial charge in [-0.3, -0.25) is 4.99 Å². The molecule has 160 valence electrons. The molecule has 0 spiro atoms. The van der Waals surface area contributed by atoms with Gasteiger partial charge in [-0.25, -0.2) is 4.98 Å². The van der Waals surface area contributed by atoms with Crippen LogP contribution in [0.25, 0.3) is 11.0 Å². The summed E-state index contributed by atoms with van der Waals surface area (Å²) in [5.41, 5.74) is 4.45. The number of benzene rings is 2. The highest BCUT2D eigenvalue weighted by atomic mass is 16.5. The molecule has 1 heterocycles. The van der Waals surface area contributed by atoms with Crippen molar-refractivity contribution in [1.29, 1.82) is 0 Å². The second-order valence-corrected chi connectivity index (χ2v) is 7.09. The molecule has 0 bridgehead atoms. The lowest BCUT2D eigenvalue weighted by molar-refractivity contribution is 0.145. The van der Waals surface area contributed by atoms with Crippen LogP contribution in [0.4, 0.5) is 0 Å². The largest absolute Gasteiger partial charge is 0.491 e. The number of aliphatic imine (C=N–C) groups is 1. The van der Waals surface area contributed by atoms with Crippen LogP contribution in [0.15, 0.2) is 53.8 Å². The number of rotatable bonds is 10. The summed E-state index contributed by atoms with van der Waals surface area (Å²) < 4.78 is 13.1. The predicted octanol–water partition coefficient (Wildman–Crippen LogP) is 3.13. The number of guanidine groups is 1. The normalized spacial score (nSPS) is 11.6. The Balaban J connectivity index is 1.47. The minimum atomic E-state index is 0.531. The molecule has 0 aliphatic rings. The molecule has 0 saturated heterocycles. The average Bonchev–Trinajstić information content (AvgIpc) is 3.17. The molecule has 0 saturated carbocycles. The molecule has 3 rings (SSSR count). The number of hydrogen-bond acceptors (Lipinski definition) is 4. The van der Waals surface area contributed by atoms with E-state index in [0.717, 1.165) is 42.3 Å². The standard InChI is InChI=1S/C23H31N5O2/c1-18-9-10-19(22(15-18)30-14-13-29-3)16-26-23(24-2)25-11-6-12-28-17-27-20-7-4-5-8-21(20)28/h4-5,7-10,15,17H,6,11-14,16H2,1-3H3,(H2,24,25,26). The molecular weight excluding hydrogens is 378 g/mol. The first kappa shape index (κ1) is 21.6. The topological polar surface area (TPSA) is 72.7 Å². The number of aryl methyl sites for hydroxylation is 2. The van der Waals surface area contributed by atoms with Gasteiger partial charge in [0.2, 0.25) is 0 Å². The van der Waals surface area contributed by atoms with Gasteiger partial charge in [0.1, 0.15) is 12.4 Å². The molecule has 0 aliphatic carbocycles. The molecule has 1 aromatic heterocycles. The van der Waals surface area contributed by atoms with Gasteiger partial charge < -0.3 is 24.7 Å². The summed E-state index contributed by atoms with van der Waals surface area (Å²) in [6.07, 6.45) is 2.87. The molecule has 2 N–H and O–H groups in total. The van der Waals surface area contributed by atoms with Gasteiger partial charge in [-0.1, -0.05) is 24.3 Å². The lowest BCUT2D eigenvalue weighted by atomic mass is 10.1. The third kappa shape index (κ3) is 5.97. The van der Waals surface area contributed by atoms with Gasteiger partial charge in [0, 0.05) is 39.4 Å². The molecule has 2 aromatic carbocycles. The van der Waals surface area contributed by atoms with Gasteiger partial charge in [-0.05, 0) is 37.1 Å². The molecule has 7 heteroatoms. The van der Waals surface area contributed by atoms with E-state index in [4.69, 9.17) is 9.47 Å². The highest BCUT2D eigenvalue weighted by Crippen LogP contribution is 2.20. The Morgan fingerprint density at radius 3 is 2.83 bits per heavy atom. The van der Waals surface area contributed by atoms with Crippen LogP contribution in [-0.2, 0) is 17.8 Å². The zero-order chi connectivity index (χ0) is 21.2. The van der Waals surface area contributed by atoms with Crippen LogP contribution in [0.3, 0.4) is 0 Å². The van der Waals surface area contributed by atoms with E-state index >= 15 is 0 Å². The van der Waals surface area contributed by atoms with Crippen LogP contribution >= 0.6 is 0 Å². The highest BCUT2D eigenvalue weighted by Gasteiger charge is 2.06. The molecule has 0 unspecified atom stereocenters. The minimum Gasteiger partial charge on any atom is -0.491 e. The summed E-state index contributed by atoms with van der Waals surface area (Å²) >= 11 is 0. The number of methoxy groups -OCH3 is 1. The Bertz CT molecular complexity index is 967. The summed E-state index contributed by atoms with van der Waals surface area (Å²) in [6.45, 7) is 5.51. The van der Waals surface area contributed by atoms with Crippen molar-refractivity contribution in [3.63, 3.8) is 0 Å². The number of para-hydroxylation sites is 2. The molecule has 0 amide bonds. The first-order valence-electron chi connectivity index (χ1n) is 10.3. The van der Waals surface area contributed by atoms with Crippen molar-refractivity contribution in [3.8, 4) is 5.75 Å². The van der Waals surface area contributed by atoms with Gasteiger partial charge in [0.05, 0.1) is 24.0 Å². The molecule has 0 fully saturated rings. The molecule has 0 radical (unpaired) electrons. The summed E-state index contributed by atoms with van der Waals surface area (Å²) in [7, 11) is 3.46. The van der Waals surface area contributed by atoms with E-state index in [1.54, 1.807) is 14.2 Å². The van der Waals surface area contributed by atoms with Gasteiger partial charge in [-0.15, -0.1) is 0 Å². The van der Waals surface area contributed by atoms with Crippen LogP contribution in [0, 0.1) is 6.92 Å². The Labute approximate surface area is 178 Å². The van der Waals surface area contributed by atoms with Crippen molar-refractivity contribution in [2.24, 2.45) is 4.99 Å². The zero-order valence-corrected chi connectivity index (χ0v) is 18.0. The van der Waals surface area contributed by atoms with Crippen LogP contribution in [0.5, 0.6) is 5.75 Å². The summed E-state index contributed by atoms with van der Waals surface area (Å²) in [5.74, 6) is 1.65. The van der Waals surface area contributed by atoms with Crippen molar-refractivity contribution >= 4 is 17.0 Å².